The fourth-order valence-corrected chi connectivity index (χ4v) is 2.80. The zero-order valence-corrected chi connectivity index (χ0v) is 11.9. The van der Waals surface area contributed by atoms with Gasteiger partial charge < -0.3 is 9.84 Å². The van der Waals surface area contributed by atoms with Crippen LogP contribution in [0.15, 0.2) is 59.5 Å². The lowest BCUT2D eigenvalue weighted by Crippen LogP contribution is -2.17. The third-order valence-electron chi connectivity index (χ3n) is 2.65. The Morgan fingerprint density at radius 2 is 1.64 bits per heavy atom. The molecule has 0 fully saturated rings. The third kappa shape index (κ3) is 4.42. The monoisotopic (exact) mass is 328 g/mol. The highest BCUT2D eigenvalue weighted by Crippen LogP contribution is 2.41. The number of aliphatic carboxylic acids is 1. The van der Waals surface area contributed by atoms with Gasteiger partial charge in [-0.2, -0.15) is 0 Å². The summed E-state index contributed by atoms with van der Waals surface area (Å²) >= 11 is 0.793. The van der Waals surface area contributed by atoms with E-state index >= 15 is 0 Å². The molecule has 1 unspecified atom stereocenters. The lowest BCUT2D eigenvalue weighted by atomic mass is 10.1. The van der Waals surface area contributed by atoms with E-state index in [4.69, 9.17) is 0 Å². The van der Waals surface area contributed by atoms with Gasteiger partial charge >= 0.3 is 12.3 Å². The van der Waals surface area contributed by atoms with Crippen molar-refractivity contribution < 1.29 is 27.8 Å². The predicted molar refractivity (Wildman–Crippen MR) is 75.8 cm³/mol. The van der Waals surface area contributed by atoms with Crippen LogP contribution in [-0.2, 0) is 4.79 Å². The van der Waals surface area contributed by atoms with Crippen molar-refractivity contribution in [1.82, 2.24) is 0 Å². The summed E-state index contributed by atoms with van der Waals surface area (Å²) in [7, 11) is 0. The van der Waals surface area contributed by atoms with Crippen molar-refractivity contribution in [3.8, 4) is 5.75 Å². The van der Waals surface area contributed by atoms with Crippen molar-refractivity contribution in [2.45, 2.75) is 16.5 Å². The number of carbonyl (C=O) groups is 1. The molecule has 0 spiro atoms. The van der Waals surface area contributed by atoms with Crippen molar-refractivity contribution in [2.75, 3.05) is 0 Å². The van der Waals surface area contributed by atoms with E-state index in [0.717, 1.165) is 17.8 Å². The average molecular weight is 328 g/mol. The Morgan fingerprint density at radius 1 is 1.05 bits per heavy atom. The number of benzene rings is 2. The summed E-state index contributed by atoms with van der Waals surface area (Å²) in [5.41, 5.74) is 0.488. The van der Waals surface area contributed by atoms with Gasteiger partial charge in [0.1, 0.15) is 11.0 Å². The first kappa shape index (κ1) is 16.2. The molecule has 0 bridgehead atoms. The Hall–Kier alpha value is -2.15. The van der Waals surface area contributed by atoms with Gasteiger partial charge in [-0.15, -0.1) is 24.9 Å². The second kappa shape index (κ2) is 6.74. The second-order valence-electron chi connectivity index (χ2n) is 4.24. The zero-order valence-electron chi connectivity index (χ0n) is 11.1. The molecule has 0 amide bonds. The van der Waals surface area contributed by atoms with Crippen LogP contribution in [0.1, 0.15) is 10.8 Å². The van der Waals surface area contributed by atoms with Gasteiger partial charge in [-0.1, -0.05) is 42.5 Å². The largest absolute Gasteiger partial charge is 0.573 e. The topological polar surface area (TPSA) is 46.5 Å². The van der Waals surface area contributed by atoms with Gasteiger partial charge in [0.2, 0.25) is 0 Å². The number of hydrogen-bond acceptors (Lipinski definition) is 3. The van der Waals surface area contributed by atoms with Crippen molar-refractivity contribution in [1.29, 1.82) is 0 Å². The molecule has 0 aromatic heterocycles. The molecule has 22 heavy (non-hydrogen) atoms. The van der Waals surface area contributed by atoms with Crippen LogP contribution >= 0.6 is 11.8 Å². The number of carboxylic acids is 1. The summed E-state index contributed by atoms with van der Waals surface area (Å²) in [5.74, 6) is -1.56. The fourth-order valence-electron chi connectivity index (χ4n) is 1.77. The molecule has 116 valence electrons. The zero-order chi connectivity index (χ0) is 16.2. The van der Waals surface area contributed by atoms with Crippen molar-refractivity contribution in [3.63, 3.8) is 0 Å². The number of hydrogen-bond donors (Lipinski definition) is 1. The summed E-state index contributed by atoms with van der Waals surface area (Å²) in [6.07, 6.45) is -4.83. The fraction of sp³-hybridized carbons (Fsp3) is 0.133. The van der Waals surface area contributed by atoms with Gasteiger partial charge in [-0.25, -0.2) is 0 Å². The lowest BCUT2D eigenvalue weighted by Gasteiger charge is -2.16. The van der Waals surface area contributed by atoms with Gasteiger partial charge in [0.25, 0.3) is 0 Å². The Balaban J connectivity index is 2.30. The van der Waals surface area contributed by atoms with Gasteiger partial charge in [-0.3, -0.25) is 4.79 Å². The van der Waals surface area contributed by atoms with Crippen LogP contribution in [0.5, 0.6) is 5.75 Å². The predicted octanol–water partition coefficient (Wildman–Crippen LogP) is 4.50. The first-order chi connectivity index (χ1) is 10.4. The number of ether oxygens (including phenoxy) is 1. The van der Waals surface area contributed by atoms with E-state index in [1.165, 1.54) is 18.2 Å². The van der Waals surface area contributed by atoms with Crippen LogP contribution in [0, 0.1) is 0 Å². The van der Waals surface area contributed by atoms with Crippen LogP contribution in [-0.4, -0.2) is 17.4 Å². The van der Waals surface area contributed by atoms with E-state index in [1.807, 2.05) is 0 Å². The third-order valence-corrected chi connectivity index (χ3v) is 3.95. The molecule has 2 aromatic carbocycles. The van der Waals surface area contributed by atoms with E-state index in [9.17, 15) is 23.1 Å². The maximum absolute atomic E-state index is 12.4. The van der Waals surface area contributed by atoms with E-state index < -0.39 is 23.3 Å². The summed E-state index contributed by atoms with van der Waals surface area (Å²) in [6.45, 7) is 0. The molecule has 0 radical (unpaired) electrons. The Bertz CT molecular complexity index is 644. The minimum absolute atomic E-state index is 0.107. The van der Waals surface area contributed by atoms with E-state index in [1.54, 1.807) is 30.3 Å². The van der Waals surface area contributed by atoms with E-state index in [0.29, 0.717) is 5.56 Å². The molecule has 0 heterocycles. The summed E-state index contributed by atoms with van der Waals surface area (Å²) in [5, 5.41) is 8.30. The van der Waals surface area contributed by atoms with Crippen molar-refractivity contribution in [3.05, 3.63) is 60.2 Å². The van der Waals surface area contributed by atoms with Crippen LogP contribution < -0.4 is 4.74 Å². The van der Waals surface area contributed by atoms with Gasteiger partial charge in [-0.05, 0) is 17.7 Å². The quantitative estimate of drug-likeness (QED) is 0.821. The molecule has 2 rings (SSSR count). The van der Waals surface area contributed by atoms with Crippen LogP contribution in [0.4, 0.5) is 13.2 Å². The standard InChI is InChI=1S/C15H11F3O3S/c16-15(17,18)21-11-8-4-5-9-12(11)22-13(14(19)20)10-6-2-1-3-7-10/h1-9,13H,(H,19,20). The number of rotatable bonds is 5. The lowest BCUT2D eigenvalue weighted by molar-refractivity contribution is -0.275. The molecule has 0 saturated carbocycles. The molecule has 2 aromatic rings. The first-order valence-electron chi connectivity index (χ1n) is 6.16. The SMILES string of the molecule is O=C(O)C(Sc1ccccc1OC(F)(F)F)c1ccccc1. The highest BCUT2D eigenvalue weighted by Gasteiger charge is 2.33. The van der Waals surface area contributed by atoms with Gasteiger partial charge in [0.05, 0.1) is 4.90 Å². The molecule has 0 aliphatic rings. The minimum Gasteiger partial charge on any atom is -0.480 e. The maximum Gasteiger partial charge on any atom is 0.573 e. The normalized spacial score (nSPS) is 12.7. The van der Waals surface area contributed by atoms with Crippen molar-refractivity contribution in [2.24, 2.45) is 0 Å². The molecule has 0 saturated heterocycles. The Labute approximate surface area is 128 Å². The number of para-hydroxylation sites is 1. The van der Waals surface area contributed by atoms with E-state index in [2.05, 4.69) is 4.74 Å². The highest BCUT2D eigenvalue weighted by atomic mass is 32.2. The van der Waals surface area contributed by atoms with Crippen molar-refractivity contribution >= 4 is 17.7 Å². The molecule has 0 aliphatic heterocycles. The number of halogens is 3. The minimum atomic E-state index is -4.83. The molecule has 0 aliphatic carbocycles. The maximum atomic E-state index is 12.4. The Kier molecular flexibility index (Phi) is 4.97. The van der Waals surface area contributed by atoms with E-state index in [-0.39, 0.29) is 4.90 Å². The summed E-state index contributed by atoms with van der Waals surface area (Å²) in [4.78, 5) is 11.5. The Morgan fingerprint density at radius 3 is 2.23 bits per heavy atom. The molecule has 1 N–H and O–H groups in total. The molecular weight excluding hydrogens is 317 g/mol. The highest BCUT2D eigenvalue weighted by molar-refractivity contribution is 8.00. The molecule has 7 heteroatoms. The smallest absolute Gasteiger partial charge is 0.480 e. The number of thioether (sulfide) groups is 1. The average Bonchev–Trinajstić information content (AvgIpc) is 2.45. The van der Waals surface area contributed by atoms with Crippen LogP contribution in [0.25, 0.3) is 0 Å². The number of carboxylic acid groups (broad SMARTS) is 1. The van der Waals surface area contributed by atoms with Gasteiger partial charge in [0.15, 0.2) is 0 Å². The summed E-state index contributed by atoms with van der Waals surface area (Å²) in [6, 6.07) is 13.8. The first-order valence-corrected chi connectivity index (χ1v) is 7.04. The van der Waals surface area contributed by atoms with Gasteiger partial charge in [0, 0.05) is 0 Å². The molecule has 1 atom stereocenters. The van der Waals surface area contributed by atoms with Crippen LogP contribution in [0.3, 0.4) is 0 Å². The second-order valence-corrected chi connectivity index (χ2v) is 5.39. The molecule has 3 nitrogen and oxygen atoms in total. The van der Waals surface area contributed by atoms with Crippen LogP contribution in [0.2, 0.25) is 0 Å². The summed E-state index contributed by atoms with van der Waals surface area (Å²) < 4.78 is 41.1. The number of alkyl halides is 3. The molecular formula is C15H11F3O3S.